The molecule has 0 unspecified atom stereocenters. The van der Waals surface area contributed by atoms with Crippen molar-refractivity contribution in [3.05, 3.63) is 75.5 Å². The summed E-state index contributed by atoms with van der Waals surface area (Å²) in [6.07, 6.45) is 0. The number of anilines is 2. The Morgan fingerprint density at radius 3 is 2.45 bits per heavy atom. The molecular weight excluding hydrogens is 389 g/mol. The van der Waals surface area contributed by atoms with E-state index >= 15 is 0 Å². The predicted octanol–water partition coefficient (Wildman–Crippen LogP) is 4.23. The number of nitrogens with one attached hydrogen (secondary N) is 1. The lowest BCUT2D eigenvalue weighted by molar-refractivity contribution is 0.0947. The van der Waals surface area contributed by atoms with Gasteiger partial charge in [0.2, 0.25) is 0 Å². The van der Waals surface area contributed by atoms with Gasteiger partial charge in [-0.15, -0.1) is 0 Å². The van der Waals surface area contributed by atoms with Crippen molar-refractivity contribution in [2.45, 2.75) is 6.92 Å². The summed E-state index contributed by atoms with van der Waals surface area (Å²) in [4.78, 5) is 12.6. The summed E-state index contributed by atoms with van der Waals surface area (Å²) in [7, 11) is 0. The van der Waals surface area contributed by atoms with Gasteiger partial charge in [0.05, 0.1) is 5.69 Å². The lowest BCUT2D eigenvalue weighted by Gasteiger charge is -2.08. The monoisotopic (exact) mass is 403 g/mol. The zero-order chi connectivity index (χ0) is 15.5. The van der Waals surface area contributed by atoms with Crippen LogP contribution < -0.4 is 5.32 Å². The topological polar surface area (TPSA) is 46.9 Å². The Morgan fingerprint density at radius 1 is 1.09 bits per heavy atom. The molecule has 0 aliphatic carbocycles. The zero-order valence-electron chi connectivity index (χ0n) is 12.0. The first-order chi connectivity index (χ1) is 10.6. The Morgan fingerprint density at radius 2 is 1.77 bits per heavy atom. The fourth-order valence-electron chi connectivity index (χ4n) is 2.13. The summed E-state index contributed by atoms with van der Waals surface area (Å²) in [5, 5.41) is 7.54. The van der Waals surface area contributed by atoms with Crippen molar-refractivity contribution in [3.63, 3.8) is 0 Å². The van der Waals surface area contributed by atoms with Crippen molar-refractivity contribution in [3.8, 4) is 0 Å². The maximum atomic E-state index is 12.6. The van der Waals surface area contributed by atoms with E-state index in [-0.39, 0.29) is 5.91 Å². The normalized spacial score (nSPS) is 10.5. The van der Waals surface area contributed by atoms with Gasteiger partial charge in [0.15, 0.2) is 0 Å². The van der Waals surface area contributed by atoms with E-state index in [1.54, 1.807) is 0 Å². The van der Waals surface area contributed by atoms with Crippen molar-refractivity contribution < 1.29 is 4.79 Å². The molecule has 0 saturated carbocycles. The van der Waals surface area contributed by atoms with Crippen LogP contribution in [-0.4, -0.2) is 15.7 Å². The minimum absolute atomic E-state index is 0.150. The second-order valence-corrected chi connectivity index (χ2v) is 6.13. The number of nitrogens with zero attached hydrogens (tertiary/aromatic N) is 2. The van der Waals surface area contributed by atoms with Crippen LogP contribution in [0.25, 0.3) is 0 Å². The Bertz CT molecular complexity index is 795. The van der Waals surface area contributed by atoms with E-state index in [1.807, 2.05) is 67.6 Å². The lowest BCUT2D eigenvalue weighted by atomic mass is 10.2. The number of rotatable bonds is 3. The number of aromatic nitrogens is 2. The molecule has 22 heavy (non-hydrogen) atoms. The number of para-hydroxylation sites is 1. The molecule has 0 aliphatic rings. The molecular formula is C17H14IN3O. The summed E-state index contributed by atoms with van der Waals surface area (Å²) >= 11 is 2.21. The van der Waals surface area contributed by atoms with Gasteiger partial charge < -0.3 is 5.32 Å². The van der Waals surface area contributed by atoms with E-state index < -0.39 is 0 Å². The number of hydrogen-bond donors (Lipinski definition) is 1. The maximum absolute atomic E-state index is 12.6. The van der Waals surface area contributed by atoms with Crippen LogP contribution in [-0.2, 0) is 0 Å². The average molecular weight is 403 g/mol. The van der Waals surface area contributed by atoms with Gasteiger partial charge in [0, 0.05) is 20.9 Å². The molecule has 0 amide bonds. The molecule has 0 bridgehead atoms. The third-order valence-corrected chi connectivity index (χ3v) is 3.88. The Kier molecular flexibility index (Phi) is 4.24. The predicted molar refractivity (Wildman–Crippen MR) is 95.6 cm³/mol. The minimum atomic E-state index is -0.150. The van der Waals surface area contributed by atoms with Crippen LogP contribution in [0, 0.1) is 10.5 Å². The highest BCUT2D eigenvalue weighted by Gasteiger charge is 2.15. The van der Waals surface area contributed by atoms with Crippen LogP contribution in [0.15, 0.2) is 60.7 Å². The molecule has 0 radical (unpaired) electrons. The third kappa shape index (κ3) is 3.19. The van der Waals surface area contributed by atoms with Gasteiger partial charge in [-0.1, -0.05) is 18.2 Å². The van der Waals surface area contributed by atoms with Crippen LogP contribution in [0.1, 0.15) is 16.1 Å². The molecule has 4 nitrogen and oxygen atoms in total. The average Bonchev–Trinajstić information content (AvgIpc) is 2.89. The molecule has 3 rings (SSSR count). The SMILES string of the molecule is Cc1cc(Nc2ccccc2)n(C(=O)c2ccc(I)cc2)n1. The summed E-state index contributed by atoms with van der Waals surface area (Å²) in [6.45, 7) is 1.87. The van der Waals surface area contributed by atoms with Crippen LogP contribution in [0.4, 0.5) is 11.5 Å². The minimum Gasteiger partial charge on any atom is -0.340 e. The molecule has 1 heterocycles. The van der Waals surface area contributed by atoms with Crippen molar-refractivity contribution in [2.24, 2.45) is 0 Å². The Labute approximate surface area is 142 Å². The molecule has 0 saturated heterocycles. The van der Waals surface area contributed by atoms with Gasteiger partial charge in [-0.05, 0) is 65.9 Å². The number of hydrogen-bond acceptors (Lipinski definition) is 3. The first kappa shape index (κ1) is 14.8. The standard InChI is InChI=1S/C17H14IN3O/c1-12-11-16(19-15-5-3-2-4-6-15)21(20-12)17(22)13-7-9-14(18)10-8-13/h2-11,19H,1H3. The number of benzene rings is 2. The number of aryl methyl sites for hydroxylation is 1. The lowest BCUT2D eigenvalue weighted by Crippen LogP contribution is -2.16. The number of carbonyl (C=O) groups is 1. The maximum Gasteiger partial charge on any atom is 0.280 e. The fourth-order valence-corrected chi connectivity index (χ4v) is 2.49. The van der Waals surface area contributed by atoms with E-state index in [4.69, 9.17) is 0 Å². The second-order valence-electron chi connectivity index (χ2n) is 4.89. The summed E-state index contributed by atoms with van der Waals surface area (Å²) in [6, 6.07) is 19.0. The Balaban J connectivity index is 1.94. The van der Waals surface area contributed by atoms with E-state index in [0.717, 1.165) is 15.0 Å². The van der Waals surface area contributed by atoms with Gasteiger partial charge in [0.1, 0.15) is 5.82 Å². The third-order valence-electron chi connectivity index (χ3n) is 3.16. The van der Waals surface area contributed by atoms with E-state index in [1.165, 1.54) is 4.68 Å². The summed E-state index contributed by atoms with van der Waals surface area (Å²) in [5.41, 5.74) is 2.32. The zero-order valence-corrected chi connectivity index (χ0v) is 14.1. The number of carbonyl (C=O) groups excluding carboxylic acids is 1. The van der Waals surface area contributed by atoms with Crippen LogP contribution >= 0.6 is 22.6 Å². The van der Waals surface area contributed by atoms with Gasteiger partial charge in [-0.3, -0.25) is 4.79 Å². The summed E-state index contributed by atoms with van der Waals surface area (Å²) < 4.78 is 2.50. The molecule has 2 aromatic carbocycles. The van der Waals surface area contributed by atoms with Crippen LogP contribution in [0.2, 0.25) is 0 Å². The summed E-state index contributed by atoms with van der Waals surface area (Å²) in [5.74, 6) is 0.509. The first-order valence-electron chi connectivity index (χ1n) is 6.82. The molecule has 0 atom stereocenters. The van der Waals surface area contributed by atoms with Crippen molar-refractivity contribution in [1.29, 1.82) is 0 Å². The van der Waals surface area contributed by atoms with Gasteiger partial charge >= 0.3 is 0 Å². The largest absolute Gasteiger partial charge is 0.340 e. The molecule has 1 N–H and O–H groups in total. The Hall–Kier alpha value is -2.15. The fraction of sp³-hybridized carbons (Fsp3) is 0.0588. The highest BCUT2D eigenvalue weighted by Crippen LogP contribution is 2.19. The van der Waals surface area contributed by atoms with Crippen LogP contribution in [0.5, 0.6) is 0 Å². The molecule has 0 fully saturated rings. The molecule has 3 aromatic rings. The smallest absolute Gasteiger partial charge is 0.280 e. The second kappa shape index (κ2) is 6.31. The van der Waals surface area contributed by atoms with E-state index in [9.17, 15) is 4.79 Å². The van der Waals surface area contributed by atoms with Gasteiger partial charge in [-0.2, -0.15) is 9.78 Å². The van der Waals surface area contributed by atoms with E-state index in [2.05, 4.69) is 33.0 Å². The van der Waals surface area contributed by atoms with Crippen molar-refractivity contribution in [1.82, 2.24) is 9.78 Å². The van der Waals surface area contributed by atoms with Gasteiger partial charge in [0.25, 0.3) is 5.91 Å². The molecule has 110 valence electrons. The van der Waals surface area contributed by atoms with Crippen molar-refractivity contribution in [2.75, 3.05) is 5.32 Å². The highest BCUT2D eigenvalue weighted by atomic mass is 127. The van der Waals surface area contributed by atoms with Crippen molar-refractivity contribution >= 4 is 40.0 Å². The molecule has 5 heteroatoms. The quantitative estimate of drug-likeness (QED) is 0.666. The van der Waals surface area contributed by atoms with E-state index in [0.29, 0.717) is 11.4 Å². The molecule has 0 spiro atoms. The highest BCUT2D eigenvalue weighted by molar-refractivity contribution is 14.1. The first-order valence-corrected chi connectivity index (χ1v) is 7.90. The van der Waals surface area contributed by atoms with Crippen LogP contribution in [0.3, 0.4) is 0 Å². The molecule has 1 aromatic heterocycles. The molecule has 0 aliphatic heterocycles. The number of halogens is 1. The van der Waals surface area contributed by atoms with Gasteiger partial charge in [-0.25, -0.2) is 0 Å².